The molecule has 2 aromatic rings. The molecule has 2 aliphatic rings. The monoisotopic (exact) mass is 413 g/mol. The largest absolute Gasteiger partial charge is 0.325 e. The highest BCUT2D eigenvalue weighted by atomic mass is 32.2. The molecule has 0 aliphatic carbocycles. The number of imide groups is 1. The van der Waals surface area contributed by atoms with E-state index >= 15 is 0 Å². The van der Waals surface area contributed by atoms with Crippen molar-refractivity contribution in [1.82, 2.24) is 14.5 Å². The summed E-state index contributed by atoms with van der Waals surface area (Å²) < 4.78 is 27.0. The molecule has 0 unspecified atom stereocenters. The van der Waals surface area contributed by atoms with Crippen LogP contribution in [0.25, 0.3) is 0 Å². The molecule has 0 radical (unpaired) electrons. The number of nitrogens with one attached hydrogen (secondary N) is 1. The summed E-state index contributed by atoms with van der Waals surface area (Å²) in [7, 11) is -3.60. The Balaban J connectivity index is 1.43. The summed E-state index contributed by atoms with van der Waals surface area (Å²) >= 11 is 0. The summed E-state index contributed by atoms with van der Waals surface area (Å²) in [6.07, 6.45) is 1.13. The first-order valence-electron chi connectivity index (χ1n) is 9.66. The van der Waals surface area contributed by atoms with Gasteiger partial charge in [-0.05, 0) is 37.0 Å². The Labute approximate surface area is 170 Å². The Bertz CT molecular complexity index is 1000. The molecule has 2 aromatic carbocycles. The molecule has 2 aliphatic heterocycles. The number of hydrogen-bond donors (Lipinski definition) is 1. The van der Waals surface area contributed by atoms with Crippen LogP contribution < -0.4 is 5.32 Å². The van der Waals surface area contributed by atoms with E-state index in [2.05, 4.69) is 5.32 Å². The van der Waals surface area contributed by atoms with Crippen LogP contribution in [0.15, 0.2) is 65.6 Å². The molecule has 152 valence electrons. The number of sulfonamides is 1. The number of rotatable bonds is 5. The van der Waals surface area contributed by atoms with Gasteiger partial charge in [0, 0.05) is 19.6 Å². The minimum Gasteiger partial charge on any atom is -0.323 e. The standard InChI is InChI=1S/C21H23N3O4S/c25-19-21(22-20(26)24(19)14-11-17-7-3-1-4-8-17)12-15-23(16-13-21)29(27,28)18-9-5-2-6-10-18/h1-10H,11-16H2,(H,22,26). The van der Waals surface area contributed by atoms with Crippen LogP contribution in [0.2, 0.25) is 0 Å². The van der Waals surface area contributed by atoms with E-state index in [1.807, 2.05) is 30.3 Å². The van der Waals surface area contributed by atoms with Gasteiger partial charge in [-0.15, -0.1) is 0 Å². The summed E-state index contributed by atoms with van der Waals surface area (Å²) in [5.41, 5.74) is 0.0500. The van der Waals surface area contributed by atoms with Crippen molar-refractivity contribution in [1.29, 1.82) is 0 Å². The minimum absolute atomic E-state index is 0.190. The number of urea groups is 1. The van der Waals surface area contributed by atoms with Crippen LogP contribution >= 0.6 is 0 Å². The Morgan fingerprint density at radius 3 is 2.10 bits per heavy atom. The Kier molecular flexibility index (Phi) is 5.14. The average Bonchev–Trinajstić information content (AvgIpc) is 2.97. The van der Waals surface area contributed by atoms with Crippen molar-refractivity contribution < 1.29 is 18.0 Å². The number of carbonyl (C=O) groups excluding carboxylic acids is 2. The summed E-state index contributed by atoms with van der Waals surface area (Å²) in [5.74, 6) is -0.254. The molecule has 2 heterocycles. The summed E-state index contributed by atoms with van der Waals surface area (Å²) in [6, 6.07) is 17.5. The lowest BCUT2D eigenvalue weighted by atomic mass is 9.88. The second kappa shape index (κ2) is 7.61. The zero-order valence-corrected chi connectivity index (χ0v) is 16.8. The first-order chi connectivity index (χ1) is 13.9. The van der Waals surface area contributed by atoms with E-state index in [4.69, 9.17) is 0 Å². The highest BCUT2D eigenvalue weighted by molar-refractivity contribution is 7.89. The van der Waals surface area contributed by atoms with Gasteiger partial charge in [-0.1, -0.05) is 48.5 Å². The van der Waals surface area contributed by atoms with Crippen LogP contribution in [0.3, 0.4) is 0 Å². The highest BCUT2D eigenvalue weighted by Crippen LogP contribution is 2.32. The number of amides is 3. The van der Waals surface area contributed by atoms with Crippen molar-refractivity contribution in [2.75, 3.05) is 19.6 Å². The van der Waals surface area contributed by atoms with Crippen molar-refractivity contribution >= 4 is 22.0 Å². The van der Waals surface area contributed by atoms with E-state index in [0.717, 1.165) is 5.56 Å². The van der Waals surface area contributed by atoms with Crippen LogP contribution in [0.5, 0.6) is 0 Å². The van der Waals surface area contributed by atoms with E-state index in [1.54, 1.807) is 30.3 Å². The van der Waals surface area contributed by atoms with Crippen LogP contribution in [-0.4, -0.2) is 54.7 Å². The second-order valence-electron chi connectivity index (χ2n) is 7.42. The molecule has 0 atom stereocenters. The van der Waals surface area contributed by atoms with Crippen LogP contribution in [-0.2, 0) is 21.2 Å². The van der Waals surface area contributed by atoms with E-state index in [9.17, 15) is 18.0 Å². The van der Waals surface area contributed by atoms with Gasteiger partial charge in [-0.2, -0.15) is 4.31 Å². The molecule has 2 saturated heterocycles. The van der Waals surface area contributed by atoms with Crippen LogP contribution in [0, 0.1) is 0 Å². The molecule has 0 bridgehead atoms. The van der Waals surface area contributed by atoms with E-state index < -0.39 is 21.6 Å². The van der Waals surface area contributed by atoms with Gasteiger partial charge in [-0.3, -0.25) is 9.69 Å². The molecule has 29 heavy (non-hydrogen) atoms. The first-order valence-corrected chi connectivity index (χ1v) is 11.1. The summed E-state index contributed by atoms with van der Waals surface area (Å²) in [5, 5.41) is 2.83. The third kappa shape index (κ3) is 3.65. The van der Waals surface area contributed by atoms with Crippen molar-refractivity contribution in [3.05, 3.63) is 66.2 Å². The molecule has 1 spiro atoms. The molecule has 2 fully saturated rings. The zero-order valence-electron chi connectivity index (χ0n) is 16.0. The van der Waals surface area contributed by atoms with Gasteiger partial charge in [0.25, 0.3) is 5.91 Å². The van der Waals surface area contributed by atoms with E-state index in [-0.39, 0.29) is 36.7 Å². The lowest BCUT2D eigenvalue weighted by Crippen LogP contribution is -2.55. The maximum Gasteiger partial charge on any atom is 0.325 e. The van der Waals surface area contributed by atoms with Crippen molar-refractivity contribution in [3.63, 3.8) is 0 Å². The Hall–Kier alpha value is -2.71. The third-order valence-electron chi connectivity index (χ3n) is 5.67. The van der Waals surface area contributed by atoms with Gasteiger partial charge in [0.1, 0.15) is 5.54 Å². The van der Waals surface area contributed by atoms with Gasteiger partial charge >= 0.3 is 6.03 Å². The topological polar surface area (TPSA) is 86.8 Å². The molecule has 3 amide bonds. The second-order valence-corrected chi connectivity index (χ2v) is 9.36. The molecule has 4 rings (SSSR count). The molecule has 8 heteroatoms. The fraction of sp³-hybridized carbons (Fsp3) is 0.333. The van der Waals surface area contributed by atoms with Crippen LogP contribution in [0.1, 0.15) is 18.4 Å². The Morgan fingerprint density at radius 2 is 1.48 bits per heavy atom. The molecule has 0 saturated carbocycles. The van der Waals surface area contributed by atoms with Gasteiger partial charge in [-0.25, -0.2) is 13.2 Å². The van der Waals surface area contributed by atoms with Gasteiger partial charge in [0.05, 0.1) is 4.90 Å². The summed E-state index contributed by atoms with van der Waals surface area (Å²) in [4.78, 5) is 27.0. The molecule has 1 N–H and O–H groups in total. The molecular formula is C21H23N3O4S. The number of benzene rings is 2. The Morgan fingerprint density at radius 1 is 0.897 bits per heavy atom. The predicted octanol–water partition coefficient (Wildman–Crippen LogP) is 2.00. The zero-order chi connectivity index (χ0) is 20.5. The maximum atomic E-state index is 13.0. The predicted molar refractivity (Wildman–Crippen MR) is 108 cm³/mol. The fourth-order valence-corrected chi connectivity index (χ4v) is 5.42. The van der Waals surface area contributed by atoms with Crippen molar-refractivity contribution in [3.8, 4) is 0 Å². The number of piperidine rings is 1. The van der Waals surface area contributed by atoms with Gasteiger partial charge in [0.2, 0.25) is 10.0 Å². The normalized spacial score (nSPS) is 19.5. The summed E-state index contributed by atoms with van der Waals surface area (Å²) in [6.45, 7) is 0.688. The molecule has 0 aromatic heterocycles. The van der Waals surface area contributed by atoms with Crippen molar-refractivity contribution in [2.45, 2.75) is 29.7 Å². The third-order valence-corrected chi connectivity index (χ3v) is 7.58. The SMILES string of the molecule is O=C1NC2(CCN(S(=O)(=O)c3ccccc3)CC2)C(=O)N1CCc1ccccc1. The van der Waals surface area contributed by atoms with Crippen molar-refractivity contribution in [2.24, 2.45) is 0 Å². The van der Waals surface area contributed by atoms with E-state index in [0.29, 0.717) is 13.0 Å². The lowest BCUT2D eigenvalue weighted by Gasteiger charge is -2.36. The molecular weight excluding hydrogens is 390 g/mol. The number of nitrogens with zero attached hydrogens (tertiary/aromatic N) is 2. The first kappa shape index (κ1) is 19.6. The quantitative estimate of drug-likeness (QED) is 0.760. The average molecular weight is 413 g/mol. The van der Waals surface area contributed by atoms with Gasteiger partial charge in [0.15, 0.2) is 0 Å². The number of carbonyl (C=O) groups is 2. The van der Waals surface area contributed by atoms with E-state index in [1.165, 1.54) is 9.21 Å². The smallest absolute Gasteiger partial charge is 0.323 e. The minimum atomic E-state index is -3.60. The molecule has 7 nitrogen and oxygen atoms in total. The lowest BCUT2D eigenvalue weighted by molar-refractivity contribution is -0.132. The highest BCUT2D eigenvalue weighted by Gasteiger charge is 2.53. The fourth-order valence-electron chi connectivity index (χ4n) is 3.95. The van der Waals surface area contributed by atoms with Crippen LogP contribution in [0.4, 0.5) is 4.79 Å². The van der Waals surface area contributed by atoms with Gasteiger partial charge < -0.3 is 5.32 Å². The number of hydrogen-bond acceptors (Lipinski definition) is 4. The maximum absolute atomic E-state index is 13.0.